The Kier molecular flexibility index (Phi) is 5.66. The number of fused-ring (bicyclic) bond motifs is 2. The van der Waals surface area contributed by atoms with Crippen LogP contribution in [-0.2, 0) is 19.6 Å². The molecule has 2 aromatic carbocycles. The van der Waals surface area contributed by atoms with Gasteiger partial charge in [-0.3, -0.25) is 9.89 Å². The molecule has 1 fully saturated rings. The summed E-state index contributed by atoms with van der Waals surface area (Å²) in [4.78, 5) is 15.7. The number of nitrogens with zero attached hydrogens (tertiary/aromatic N) is 3. The zero-order valence-electron chi connectivity index (χ0n) is 19.0. The number of aromatic amines is 1. The maximum Gasteiger partial charge on any atom is 0.121 e. The highest BCUT2D eigenvalue weighted by Gasteiger charge is 2.27. The summed E-state index contributed by atoms with van der Waals surface area (Å²) in [5, 5.41) is 3.70. The van der Waals surface area contributed by atoms with E-state index in [1.807, 2.05) is 6.21 Å². The van der Waals surface area contributed by atoms with E-state index in [0.29, 0.717) is 18.1 Å². The summed E-state index contributed by atoms with van der Waals surface area (Å²) in [7, 11) is 0. The topological polar surface area (TPSA) is 56.3 Å². The van der Waals surface area contributed by atoms with E-state index in [1.165, 1.54) is 29.5 Å². The van der Waals surface area contributed by atoms with Crippen molar-refractivity contribution in [3.8, 4) is 0 Å². The van der Waals surface area contributed by atoms with Crippen LogP contribution in [0.15, 0.2) is 77.3 Å². The molecule has 2 N–H and O–H groups in total. The first kappa shape index (κ1) is 20.6. The first-order valence-corrected chi connectivity index (χ1v) is 12.2. The summed E-state index contributed by atoms with van der Waals surface area (Å²) >= 11 is 0. The van der Waals surface area contributed by atoms with E-state index in [0.717, 1.165) is 49.3 Å². The van der Waals surface area contributed by atoms with Gasteiger partial charge in [-0.1, -0.05) is 48.6 Å². The molecule has 3 aromatic rings. The van der Waals surface area contributed by atoms with Crippen molar-refractivity contribution in [2.75, 3.05) is 0 Å². The first-order valence-electron chi connectivity index (χ1n) is 12.2. The molecular weight excluding hydrogens is 406 g/mol. The molecular formula is C28H31N5. The Bertz CT molecular complexity index is 1180. The number of hydrogen-bond donors (Lipinski definition) is 2. The number of imidazole rings is 1. The van der Waals surface area contributed by atoms with Gasteiger partial charge in [0.2, 0.25) is 0 Å². The van der Waals surface area contributed by atoms with Crippen molar-refractivity contribution in [1.29, 1.82) is 0 Å². The Balaban J connectivity index is 1.29. The zero-order chi connectivity index (χ0) is 22.0. The Morgan fingerprint density at radius 1 is 0.939 bits per heavy atom. The third kappa shape index (κ3) is 4.70. The van der Waals surface area contributed by atoms with Crippen LogP contribution >= 0.6 is 0 Å². The van der Waals surface area contributed by atoms with E-state index in [9.17, 15) is 0 Å². The van der Waals surface area contributed by atoms with Crippen LogP contribution in [0.3, 0.4) is 0 Å². The summed E-state index contributed by atoms with van der Waals surface area (Å²) in [6, 6.07) is 18.6. The molecule has 3 aliphatic rings. The third-order valence-corrected chi connectivity index (χ3v) is 7.06. The molecule has 1 aromatic heterocycles. The molecule has 2 aliphatic carbocycles. The fraction of sp³-hybridized carbons (Fsp3) is 0.357. The summed E-state index contributed by atoms with van der Waals surface area (Å²) in [6.07, 6.45) is 13.5. The number of hydrogen-bond acceptors (Lipinski definition) is 4. The van der Waals surface area contributed by atoms with Gasteiger partial charge in [0.1, 0.15) is 5.82 Å². The highest BCUT2D eigenvalue weighted by atomic mass is 15.2. The number of benzene rings is 2. The second-order valence-electron chi connectivity index (χ2n) is 9.51. The van der Waals surface area contributed by atoms with Gasteiger partial charge in [-0.05, 0) is 60.6 Å². The summed E-state index contributed by atoms with van der Waals surface area (Å²) < 4.78 is 0. The average Bonchev–Trinajstić information content (AvgIpc) is 3.60. The van der Waals surface area contributed by atoms with Crippen molar-refractivity contribution >= 4 is 17.2 Å². The third-order valence-electron chi connectivity index (χ3n) is 7.06. The van der Waals surface area contributed by atoms with Gasteiger partial charge in [0.25, 0.3) is 0 Å². The van der Waals surface area contributed by atoms with Crippen molar-refractivity contribution in [2.45, 2.75) is 63.4 Å². The Labute approximate surface area is 195 Å². The number of rotatable bonds is 8. The van der Waals surface area contributed by atoms with Crippen molar-refractivity contribution in [1.82, 2.24) is 20.2 Å². The Morgan fingerprint density at radius 2 is 1.79 bits per heavy atom. The van der Waals surface area contributed by atoms with Crippen LogP contribution in [0.1, 0.15) is 42.6 Å². The highest BCUT2D eigenvalue weighted by molar-refractivity contribution is 5.75. The van der Waals surface area contributed by atoms with E-state index in [-0.39, 0.29) is 0 Å². The van der Waals surface area contributed by atoms with Gasteiger partial charge < -0.3 is 10.3 Å². The monoisotopic (exact) mass is 437 g/mol. The number of nitrogens with one attached hydrogen (secondary N) is 2. The number of H-pyrrole nitrogens is 1. The predicted molar refractivity (Wildman–Crippen MR) is 134 cm³/mol. The molecule has 5 heteroatoms. The second-order valence-corrected chi connectivity index (χ2v) is 9.51. The van der Waals surface area contributed by atoms with Crippen LogP contribution in [0, 0.1) is 0 Å². The smallest absolute Gasteiger partial charge is 0.121 e. The minimum atomic E-state index is 0.328. The molecule has 1 saturated carbocycles. The minimum absolute atomic E-state index is 0.328. The number of aliphatic imine (C=N–C) groups is 1. The van der Waals surface area contributed by atoms with Crippen molar-refractivity contribution in [2.24, 2.45) is 4.99 Å². The van der Waals surface area contributed by atoms with Crippen molar-refractivity contribution < 1.29 is 0 Å². The van der Waals surface area contributed by atoms with Gasteiger partial charge >= 0.3 is 0 Å². The van der Waals surface area contributed by atoms with Gasteiger partial charge in [0.15, 0.2) is 0 Å². The van der Waals surface area contributed by atoms with Gasteiger partial charge in [-0.15, -0.1) is 0 Å². The van der Waals surface area contributed by atoms with E-state index >= 15 is 0 Å². The van der Waals surface area contributed by atoms with Gasteiger partial charge in [-0.25, -0.2) is 4.98 Å². The minimum Gasteiger partial charge on any atom is -0.341 e. The second kappa shape index (κ2) is 9.08. The lowest BCUT2D eigenvalue weighted by molar-refractivity contribution is 0.188. The van der Waals surface area contributed by atoms with Crippen LogP contribution in [-0.4, -0.2) is 39.2 Å². The molecule has 6 rings (SSSR count). The molecule has 2 unspecified atom stereocenters. The Morgan fingerprint density at radius 3 is 2.67 bits per heavy atom. The maximum atomic E-state index is 4.89. The molecule has 2 atom stereocenters. The fourth-order valence-corrected chi connectivity index (χ4v) is 5.04. The maximum absolute atomic E-state index is 4.89. The molecule has 33 heavy (non-hydrogen) atoms. The SMILES string of the molecule is C1=CC2=CC(N(Cc3nc4ccccc4[nH]3)Cc3ccccc3CNC3CC3)CCC2N=C1. The molecule has 1 aliphatic heterocycles. The fourth-order valence-electron chi connectivity index (χ4n) is 5.04. The quantitative estimate of drug-likeness (QED) is 0.526. The van der Waals surface area contributed by atoms with Gasteiger partial charge in [-0.2, -0.15) is 0 Å². The summed E-state index contributed by atoms with van der Waals surface area (Å²) in [6.45, 7) is 2.65. The summed E-state index contributed by atoms with van der Waals surface area (Å²) in [5.41, 5.74) is 6.30. The molecule has 0 saturated heterocycles. The van der Waals surface area contributed by atoms with Crippen LogP contribution in [0.4, 0.5) is 0 Å². The zero-order valence-corrected chi connectivity index (χ0v) is 19.0. The van der Waals surface area contributed by atoms with Crippen LogP contribution in [0.5, 0.6) is 0 Å². The standard InChI is InChI=1S/C28H31N5/c1-2-7-22(21(6-1)17-30-23-11-12-23)18-33(19-28-31-26-9-3-4-10-27(26)32-28)24-13-14-25-20(16-24)8-5-15-29-25/h1-10,15-16,23-25,30H,11-14,17-19H2,(H,31,32). The molecule has 2 heterocycles. The molecule has 0 radical (unpaired) electrons. The molecule has 0 amide bonds. The lowest BCUT2D eigenvalue weighted by atomic mass is 9.89. The average molecular weight is 438 g/mol. The van der Waals surface area contributed by atoms with E-state index < -0.39 is 0 Å². The number of dihydropyridines is 1. The van der Waals surface area contributed by atoms with E-state index in [2.05, 4.69) is 87.0 Å². The van der Waals surface area contributed by atoms with Crippen LogP contribution in [0.2, 0.25) is 0 Å². The predicted octanol–water partition coefficient (Wildman–Crippen LogP) is 4.92. The van der Waals surface area contributed by atoms with Crippen LogP contribution < -0.4 is 5.32 Å². The lowest BCUT2D eigenvalue weighted by Crippen LogP contribution is -2.37. The van der Waals surface area contributed by atoms with Gasteiger partial charge in [0, 0.05) is 31.4 Å². The normalized spacial score (nSPS) is 22.0. The van der Waals surface area contributed by atoms with Crippen LogP contribution in [0.25, 0.3) is 11.0 Å². The molecule has 168 valence electrons. The molecule has 0 spiro atoms. The van der Waals surface area contributed by atoms with Crippen molar-refractivity contribution in [3.05, 3.63) is 89.3 Å². The molecule has 0 bridgehead atoms. The van der Waals surface area contributed by atoms with Crippen molar-refractivity contribution in [3.63, 3.8) is 0 Å². The largest absolute Gasteiger partial charge is 0.341 e. The van der Waals surface area contributed by atoms with E-state index in [1.54, 1.807) is 0 Å². The number of allylic oxidation sites excluding steroid dienone is 1. The highest BCUT2D eigenvalue weighted by Crippen LogP contribution is 2.29. The van der Waals surface area contributed by atoms with Gasteiger partial charge in [0.05, 0.1) is 23.6 Å². The first-order chi connectivity index (χ1) is 16.3. The number of para-hydroxylation sites is 2. The summed E-state index contributed by atoms with van der Waals surface area (Å²) in [5.74, 6) is 1.03. The Hall–Kier alpha value is -3.02. The van der Waals surface area contributed by atoms with E-state index in [4.69, 9.17) is 4.98 Å². The molecule has 5 nitrogen and oxygen atoms in total. The number of aromatic nitrogens is 2. The lowest BCUT2D eigenvalue weighted by Gasteiger charge is -2.35.